The molecule has 2 amide bonds. The van der Waals surface area contributed by atoms with E-state index >= 15 is 0 Å². The molecular weight excluding hydrogens is 186 g/mol. The highest BCUT2D eigenvalue weighted by Gasteiger charge is 2.03. The molecule has 0 bridgehead atoms. The number of hydrogen-bond acceptors (Lipinski definition) is 3. The lowest BCUT2D eigenvalue weighted by Gasteiger charge is -1.96. The first kappa shape index (κ1) is 11.8. The van der Waals surface area contributed by atoms with E-state index in [1.165, 1.54) is 6.07 Å². The first-order chi connectivity index (χ1) is 6.45. The van der Waals surface area contributed by atoms with Crippen LogP contribution in [-0.2, 0) is 0 Å². The topological polar surface area (TPSA) is 132 Å². The third-order valence-electron chi connectivity index (χ3n) is 1.19. The fraction of sp³-hybridized carbons (Fsp3) is 0. The molecule has 0 heterocycles. The predicted octanol–water partition coefficient (Wildman–Crippen LogP) is -0.00920. The molecule has 7 N–H and O–H groups in total. The van der Waals surface area contributed by atoms with E-state index < -0.39 is 12.0 Å². The van der Waals surface area contributed by atoms with Crippen LogP contribution in [0.3, 0.4) is 0 Å². The Labute approximate surface area is 80.3 Å². The lowest BCUT2D eigenvalue weighted by molar-refractivity contribution is 0.0698. The summed E-state index contributed by atoms with van der Waals surface area (Å²) >= 11 is 0. The van der Waals surface area contributed by atoms with Crippen LogP contribution in [0.15, 0.2) is 24.3 Å². The largest absolute Gasteiger partial charge is 0.478 e. The standard InChI is InChI=1S/C7H7NO2.CH4N2O/c8-6-4-2-1-3-5(6)7(9)10;2-1(3)4/h1-4H,8H2,(H,9,10);(H4,2,3,4). The zero-order chi connectivity index (χ0) is 11.1. The third kappa shape index (κ3) is 4.60. The molecule has 0 saturated heterocycles. The second-order valence-electron chi connectivity index (χ2n) is 2.29. The van der Waals surface area contributed by atoms with E-state index in [0.717, 1.165) is 0 Å². The van der Waals surface area contributed by atoms with E-state index in [1.54, 1.807) is 18.2 Å². The summed E-state index contributed by atoms with van der Waals surface area (Å²) in [6.45, 7) is 0. The summed E-state index contributed by atoms with van der Waals surface area (Å²) in [5, 5.41) is 8.49. The van der Waals surface area contributed by atoms with Crippen molar-refractivity contribution in [2.45, 2.75) is 0 Å². The number of rotatable bonds is 1. The highest BCUT2D eigenvalue weighted by molar-refractivity contribution is 5.93. The van der Waals surface area contributed by atoms with Gasteiger partial charge in [-0.2, -0.15) is 0 Å². The van der Waals surface area contributed by atoms with E-state index in [1.807, 2.05) is 0 Å². The summed E-state index contributed by atoms with van der Waals surface area (Å²) < 4.78 is 0. The van der Waals surface area contributed by atoms with Crippen LogP contribution in [0.1, 0.15) is 10.4 Å². The minimum Gasteiger partial charge on any atom is -0.478 e. The number of carbonyl (C=O) groups is 2. The van der Waals surface area contributed by atoms with Crippen LogP contribution in [0, 0.1) is 0 Å². The number of anilines is 1. The van der Waals surface area contributed by atoms with Gasteiger partial charge in [-0.1, -0.05) is 12.1 Å². The maximum atomic E-state index is 10.3. The zero-order valence-electron chi connectivity index (χ0n) is 7.31. The molecule has 6 heteroatoms. The number of primary amides is 2. The van der Waals surface area contributed by atoms with Crippen LogP contribution < -0.4 is 17.2 Å². The van der Waals surface area contributed by atoms with Gasteiger partial charge in [-0.25, -0.2) is 9.59 Å². The minimum atomic E-state index is -0.988. The van der Waals surface area contributed by atoms with Crippen molar-refractivity contribution in [1.29, 1.82) is 0 Å². The van der Waals surface area contributed by atoms with E-state index in [9.17, 15) is 4.79 Å². The molecular formula is C8H11N3O3. The van der Waals surface area contributed by atoms with Gasteiger partial charge in [-0.3, -0.25) is 0 Å². The number of carbonyl (C=O) groups excluding carboxylic acids is 1. The van der Waals surface area contributed by atoms with Gasteiger partial charge >= 0.3 is 12.0 Å². The smallest absolute Gasteiger partial charge is 0.337 e. The maximum absolute atomic E-state index is 10.3. The molecule has 0 aliphatic rings. The molecule has 76 valence electrons. The molecule has 1 rings (SSSR count). The number of nitrogen functional groups attached to an aromatic ring is 1. The second kappa shape index (κ2) is 5.41. The molecule has 0 atom stereocenters. The van der Waals surface area contributed by atoms with Crippen molar-refractivity contribution in [2.75, 3.05) is 5.73 Å². The predicted molar refractivity (Wildman–Crippen MR) is 51.6 cm³/mol. The highest BCUT2D eigenvalue weighted by atomic mass is 16.4. The summed E-state index contributed by atoms with van der Waals surface area (Å²) in [6, 6.07) is 5.53. The summed E-state index contributed by atoms with van der Waals surface area (Å²) in [7, 11) is 0. The quantitative estimate of drug-likeness (QED) is 0.471. The summed E-state index contributed by atoms with van der Waals surface area (Å²) in [5.74, 6) is -0.988. The number of carboxylic acid groups (broad SMARTS) is 1. The third-order valence-corrected chi connectivity index (χ3v) is 1.19. The number of carboxylic acids is 1. The van der Waals surface area contributed by atoms with Gasteiger partial charge in [0.05, 0.1) is 5.56 Å². The number of para-hydroxylation sites is 1. The van der Waals surface area contributed by atoms with E-state index in [2.05, 4.69) is 11.5 Å². The monoisotopic (exact) mass is 197 g/mol. The SMILES string of the molecule is NC(N)=O.Nc1ccccc1C(=O)O. The van der Waals surface area contributed by atoms with Crippen LogP contribution in [0.2, 0.25) is 0 Å². The van der Waals surface area contributed by atoms with E-state index in [4.69, 9.17) is 15.6 Å². The molecule has 0 saturated carbocycles. The van der Waals surface area contributed by atoms with Gasteiger partial charge in [0.1, 0.15) is 0 Å². The highest BCUT2D eigenvalue weighted by Crippen LogP contribution is 2.08. The van der Waals surface area contributed by atoms with Crippen LogP contribution in [0.25, 0.3) is 0 Å². The number of hydrogen-bond donors (Lipinski definition) is 4. The average molecular weight is 197 g/mol. The molecule has 0 radical (unpaired) electrons. The Kier molecular flexibility index (Phi) is 4.55. The molecule has 0 unspecified atom stereocenters. The fourth-order valence-corrected chi connectivity index (χ4v) is 0.692. The van der Waals surface area contributed by atoms with Crippen molar-refractivity contribution in [1.82, 2.24) is 0 Å². The number of amides is 2. The number of aromatic carboxylic acids is 1. The number of benzene rings is 1. The molecule has 0 aliphatic carbocycles. The first-order valence-electron chi connectivity index (χ1n) is 3.58. The Morgan fingerprint density at radius 3 is 1.86 bits per heavy atom. The summed E-state index contributed by atoms with van der Waals surface area (Å²) in [4.78, 5) is 19.3. The van der Waals surface area contributed by atoms with Crippen molar-refractivity contribution in [3.05, 3.63) is 29.8 Å². The molecule has 0 aromatic heterocycles. The average Bonchev–Trinajstić information content (AvgIpc) is 2.03. The molecule has 1 aromatic rings. The Bertz CT molecular complexity index is 334. The Hall–Kier alpha value is -2.24. The molecule has 0 fully saturated rings. The van der Waals surface area contributed by atoms with Crippen molar-refractivity contribution in [3.63, 3.8) is 0 Å². The molecule has 1 aromatic carbocycles. The maximum Gasteiger partial charge on any atom is 0.337 e. The summed E-state index contributed by atoms with van der Waals surface area (Å²) in [5.41, 5.74) is 14.3. The fourth-order valence-electron chi connectivity index (χ4n) is 0.692. The zero-order valence-corrected chi connectivity index (χ0v) is 7.31. The molecule has 0 aliphatic heterocycles. The number of urea groups is 1. The van der Waals surface area contributed by atoms with Gasteiger partial charge in [0.25, 0.3) is 0 Å². The molecule has 0 spiro atoms. The van der Waals surface area contributed by atoms with Crippen molar-refractivity contribution in [2.24, 2.45) is 11.5 Å². The Morgan fingerprint density at radius 1 is 1.14 bits per heavy atom. The Balaban J connectivity index is 0.000000364. The van der Waals surface area contributed by atoms with Crippen LogP contribution in [-0.4, -0.2) is 17.1 Å². The first-order valence-corrected chi connectivity index (χ1v) is 3.58. The lowest BCUT2D eigenvalue weighted by Crippen LogP contribution is -2.18. The lowest BCUT2D eigenvalue weighted by atomic mass is 10.2. The van der Waals surface area contributed by atoms with Gasteiger partial charge in [0, 0.05) is 5.69 Å². The second-order valence-corrected chi connectivity index (χ2v) is 2.29. The van der Waals surface area contributed by atoms with Gasteiger partial charge in [-0.15, -0.1) is 0 Å². The van der Waals surface area contributed by atoms with Crippen molar-refractivity contribution in [3.8, 4) is 0 Å². The Morgan fingerprint density at radius 2 is 1.57 bits per heavy atom. The summed E-state index contributed by atoms with van der Waals surface area (Å²) in [6.07, 6.45) is 0. The van der Waals surface area contributed by atoms with Crippen LogP contribution in [0.5, 0.6) is 0 Å². The van der Waals surface area contributed by atoms with Gasteiger partial charge in [-0.05, 0) is 12.1 Å². The van der Waals surface area contributed by atoms with E-state index in [0.29, 0.717) is 5.69 Å². The normalized spacial score (nSPS) is 8.29. The molecule has 6 nitrogen and oxygen atoms in total. The van der Waals surface area contributed by atoms with Crippen LogP contribution in [0.4, 0.5) is 10.5 Å². The number of nitrogens with two attached hydrogens (primary N) is 3. The van der Waals surface area contributed by atoms with Crippen LogP contribution >= 0.6 is 0 Å². The van der Waals surface area contributed by atoms with Crippen molar-refractivity contribution >= 4 is 17.7 Å². The van der Waals surface area contributed by atoms with E-state index in [-0.39, 0.29) is 5.56 Å². The van der Waals surface area contributed by atoms with Gasteiger partial charge in [0.2, 0.25) is 0 Å². The molecule has 14 heavy (non-hydrogen) atoms. The van der Waals surface area contributed by atoms with Gasteiger partial charge < -0.3 is 22.3 Å². The van der Waals surface area contributed by atoms with Gasteiger partial charge in [0.15, 0.2) is 0 Å². The van der Waals surface area contributed by atoms with Crippen molar-refractivity contribution < 1.29 is 14.7 Å². The minimum absolute atomic E-state index is 0.155.